The Kier molecular flexibility index (Phi) is 19.9. The molecule has 0 aliphatic rings. The zero-order valence-corrected chi connectivity index (χ0v) is 15.3. The maximum absolute atomic E-state index is 11.2. The monoisotopic (exact) mass is 330 g/mol. The second-order valence-corrected chi connectivity index (χ2v) is 6.14. The lowest BCUT2D eigenvalue weighted by Gasteiger charge is -2.05. The Morgan fingerprint density at radius 1 is 0.739 bits per heavy atom. The molecule has 0 heterocycles. The van der Waals surface area contributed by atoms with Gasteiger partial charge in [0.1, 0.15) is 0 Å². The fourth-order valence-corrected chi connectivity index (χ4v) is 2.56. The molecule has 0 bridgehead atoms. The summed E-state index contributed by atoms with van der Waals surface area (Å²) >= 11 is 0. The van der Waals surface area contributed by atoms with E-state index in [-0.39, 0.29) is 18.6 Å². The summed E-state index contributed by atoms with van der Waals surface area (Å²) in [7, 11) is 0. The average Bonchev–Trinajstić information content (AvgIpc) is 2.49. The minimum absolute atomic E-state index is 0. The van der Waals surface area contributed by atoms with E-state index in [1.165, 1.54) is 70.6 Å². The molecule has 0 rings (SSSR count). The van der Waals surface area contributed by atoms with Crippen molar-refractivity contribution in [2.45, 2.75) is 96.8 Å². The normalized spacial score (nSPS) is 10.1. The van der Waals surface area contributed by atoms with E-state index in [9.17, 15) is 14.7 Å². The zero-order chi connectivity index (χ0) is 16.5. The molecular weight excluding hydrogens is 292 g/mol. The number of unbranched alkanes of at least 4 members (excludes halogenated alkanes) is 12. The van der Waals surface area contributed by atoms with Crippen LogP contribution >= 0.6 is 0 Å². The van der Waals surface area contributed by atoms with Gasteiger partial charge in [-0.1, -0.05) is 84.0 Å². The Balaban J connectivity index is 0. The van der Waals surface area contributed by atoms with Crippen LogP contribution in [0.4, 0.5) is 0 Å². The van der Waals surface area contributed by atoms with E-state index in [2.05, 4.69) is 12.2 Å². The van der Waals surface area contributed by atoms with Crippen LogP contribution in [0.5, 0.6) is 0 Å². The minimum atomic E-state index is -1.24. The van der Waals surface area contributed by atoms with Gasteiger partial charge in [-0.3, -0.25) is 4.79 Å². The van der Waals surface area contributed by atoms with Crippen LogP contribution in [0, 0.1) is 0 Å². The lowest BCUT2D eigenvalue weighted by atomic mass is 10.0. The third-order valence-electron chi connectivity index (χ3n) is 3.94. The number of carbonyl (C=O) groups excluding carboxylic acids is 2. The van der Waals surface area contributed by atoms with Gasteiger partial charge in [-0.25, -0.2) is 0 Å². The molecule has 0 atom stereocenters. The van der Waals surface area contributed by atoms with Crippen molar-refractivity contribution in [3.8, 4) is 0 Å². The van der Waals surface area contributed by atoms with Crippen molar-refractivity contribution >= 4 is 11.9 Å². The highest BCUT2D eigenvalue weighted by Crippen LogP contribution is 2.12. The Bertz CT molecular complexity index is 283. The van der Waals surface area contributed by atoms with Crippen LogP contribution in [0.3, 0.4) is 0 Å². The van der Waals surface area contributed by atoms with Gasteiger partial charge < -0.3 is 21.4 Å². The average molecular weight is 331 g/mol. The molecule has 0 aromatic heterocycles. The molecule has 0 fully saturated rings. The third-order valence-corrected chi connectivity index (χ3v) is 3.94. The first-order valence-electron chi connectivity index (χ1n) is 9.13. The van der Waals surface area contributed by atoms with Crippen LogP contribution in [0.2, 0.25) is 0 Å². The number of aliphatic carboxylic acids is 1. The molecule has 5 N–H and O–H groups in total. The summed E-state index contributed by atoms with van der Waals surface area (Å²) in [5.74, 6) is -1.43. The van der Waals surface area contributed by atoms with Gasteiger partial charge in [-0.05, 0) is 6.42 Å². The first-order chi connectivity index (χ1) is 10.7. The van der Waals surface area contributed by atoms with Gasteiger partial charge in [0.25, 0.3) is 0 Å². The Morgan fingerprint density at radius 3 is 1.52 bits per heavy atom. The van der Waals surface area contributed by atoms with Gasteiger partial charge in [0.2, 0.25) is 5.91 Å². The standard InChI is InChI=1S/C18H35NO3.H3N/c1-2-3-4-5-6-7-8-9-10-11-12-13-14-15-17(20)19-16-18(21)22;/h2-16H2,1H3,(H,19,20)(H,21,22);1H3. The molecule has 0 spiro atoms. The van der Waals surface area contributed by atoms with Crippen molar-refractivity contribution in [3.05, 3.63) is 0 Å². The fourth-order valence-electron chi connectivity index (χ4n) is 2.56. The molecule has 1 amide bonds. The van der Waals surface area contributed by atoms with Crippen LogP contribution in [0.15, 0.2) is 0 Å². The minimum Gasteiger partial charge on any atom is -0.548 e. The number of carbonyl (C=O) groups is 2. The van der Waals surface area contributed by atoms with E-state index in [1.54, 1.807) is 0 Å². The second kappa shape index (κ2) is 18.9. The summed E-state index contributed by atoms with van der Waals surface area (Å²) in [5, 5.41) is 12.5. The van der Waals surface area contributed by atoms with Crippen molar-refractivity contribution in [1.29, 1.82) is 0 Å². The maximum atomic E-state index is 11.2. The molecular formula is C18H38N2O3. The van der Waals surface area contributed by atoms with Crippen LogP contribution in [-0.2, 0) is 9.59 Å². The molecule has 0 saturated heterocycles. The SMILES string of the molecule is CCCCCCCCCCCCCCCC(=O)NCC(=O)[O-].[NH4+]. The lowest BCUT2D eigenvalue weighted by molar-refractivity contribution is -0.304. The topological polar surface area (TPSA) is 106 Å². The molecule has 0 aromatic carbocycles. The largest absolute Gasteiger partial charge is 0.548 e. The number of hydrogen-bond donors (Lipinski definition) is 2. The number of nitrogens with one attached hydrogen (secondary N) is 1. The Hall–Kier alpha value is -1.10. The number of carboxylic acid groups (broad SMARTS) is 1. The maximum Gasteiger partial charge on any atom is 0.220 e. The van der Waals surface area contributed by atoms with E-state index >= 15 is 0 Å². The Morgan fingerprint density at radius 2 is 1.13 bits per heavy atom. The van der Waals surface area contributed by atoms with Gasteiger partial charge >= 0.3 is 0 Å². The van der Waals surface area contributed by atoms with Gasteiger partial charge in [0.05, 0.1) is 12.5 Å². The molecule has 0 unspecified atom stereocenters. The highest BCUT2D eigenvalue weighted by atomic mass is 16.4. The molecule has 0 radical (unpaired) electrons. The molecule has 0 aliphatic carbocycles. The molecule has 5 heteroatoms. The van der Waals surface area contributed by atoms with E-state index in [1.807, 2.05) is 0 Å². The predicted octanol–water partition coefficient (Wildman–Crippen LogP) is 3.71. The smallest absolute Gasteiger partial charge is 0.220 e. The summed E-state index contributed by atoms with van der Waals surface area (Å²) in [6, 6.07) is 0. The first-order valence-corrected chi connectivity index (χ1v) is 9.13. The number of hydrogen-bond acceptors (Lipinski definition) is 3. The molecule has 0 saturated carbocycles. The van der Waals surface area contributed by atoms with E-state index in [0.29, 0.717) is 6.42 Å². The van der Waals surface area contributed by atoms with Gasteiger partial charge in [0, 0.05) is 6.42 Å². The number of amides is 1. The molecule has 5 nitrogen and oxygen atoms in total. The van der Waals surface area contributed by atoms with Crippen LogP contribution < -0.4 is 16.6 Å². The summed E-state index contributed by atoms with van der Waals surface area (Å²) in [6.07, 6.45) is 17.0. The summed E-state index contributed by atoms with van der Waals surface area (Å²) in [4.78, 5) is 21.4. The third kappa shape index (κ3) is 20.9. The Labute approximate surface area is 142 Å². The van der Waals surface area contributed by atoms with Crippen molar-refractivity contribution in [2.75, 3.05) is 6.54 Å². The van der Waals surface area contributed by atoms with Gasteiger partial charge in [-0.15, -0.1) is 0 Å². The van der Waals surface area contributed by atoms with Crippen molar-refractivity contribution in [2.24, 2.45) is 0 Å². The van der Waals surface area contributed by atoms with Crippen molar-refractivity contribution in [3.63, 3.8) is 0 Å². The predicted molar refractivity (Wildman–Crippen MR) is 94.3 cm³/mol. The van der Waals surface area contributed by atoms with Crippen molar-refractivity contribution < 1.29 is 14.7 Å². The molecule has 23 heavy (non-hydrogen) atoms. The second-order valence-electron chi connectivity index (χ2n) is 6.14. The number of rotatable bonds is 16. The first kappa shape index (κ1) is 24.2. The van der Waals surface area contributed by atoms with E-state index in [4.69, 9.17) is 0 Å². The summed E-state index contributed by atoms with van der Waals surface area (Å²) < 4.78 is 0. The number of quaternary nitrogens is 1. The van der Waals surface area contributed by atoms with Crippen LogP contribution in [-0.4, -0.2) is 18.4 Å². The quantitative estimate of drug-likeness (QED) is 0.421. The molecule has 0 aromatic rings. The van der Waals surface area contributed by atoms with Gasteiger partial charge in [-0.2, -0.15) is 0 Å². The van der Waals surface area contributed by atoms with Gasteiger partial charge in [0.15, 0.2) is 0 Å². The van der Waals surface area contributed by atoms with Crippen LogP contribution in [0.1, 0.15) is 96.8 Å². The molecule has 0 aliphatic heterocycles. The molecule has 138 valence electrons. The van der Waals surface area contributed by atoms with Crippen molar-refractivity contribution in [1.82, 2.24) is 11.5 Å². The highest BCUT2D eigenvalue weighted by molar-refractivity contribution is 5.80. The summed E-state index contributed by atoms with van der Waals surface area (Å²) in [5.41, 5.74) is 0. The zero-order valence-electron chi connectivity index (χ0n) is 15.3. The fraction of sp³-hybridized carbons (Fsp3) is 0.889. The van der Waals surface area contributed by atoms with E-state index in [0.717, 1.165) is 12.8 Å². The summed E-state index contributed by atoms with van der Waals surface area (Å²) in [6.45, 7) is 1.87. The van der Waals surface area contributed by atoms with Crippen LogP contribution in [0.25, 0.3) is 0 Å². The highest BCUT2D eigenvalue weighted by Gasteiger charge is 2.00. The number of carboxylic acids is 1. The van der Waals surface area contributed by atoms with E-state index < -0.39 is 5.97 Å². The lowest BCUT2D eigenvalue weighted by Crippen LogP contribution is -2.37.